The Kier molecular flexibility index (Phi) is 3.69. The van der Waals surface area contributed by atoms with Gasteiger partial charge in [-0.2, -0.15) is 0 Å². The monoisotopic (exact) mass is 281 g/mol. The van der Waals surface area contributed by atoms with Gasteiger partial charge >= 0.3 is 5.97 Å². The van der Waals surface area contributed by atoms with E-state index in [-0.39, 0.29) is 30.2 Å². The average Bonchev–Trinajstić information content (AvgIpc) is 2.84. The highest BCUT2D eigenvalue weighted by Gasteiger charge is 2.21. The highest BCUT2D eigenvalue weighted by Crippen LogP contribution is 2.29. The highest BCUT2D eigenvalue weighted by atomic mass is 19.1. The van der Waals surface area contributed by atoms with Gasteiger partial charge in [0.25, 0.3) is 11.6 Å². The number of carboxylic acid groups (broad SMARTS) is 1. The van der Waals surface area contributed by atoms with Crippen LogP contribution in [0.3, 0.4) is 0 Å². The van der Waals surface area contributed by atoms with Crippen LogP contribution in [-0.4, -0.2) is 26.2 Å². The van der Waals surface area contributed by atoms with Gasteiger partial charge in [-0.25, -0.2) is 4.39 Å². The van der Waals surface area contributed by atoms with Gasteiger partial charge in [0.05, 0.1) is 17.4 Å². The predicted octanol–water partition coefficient (Wildman–Crippen LogP) is 1.80. The first-order valence-corrected chi connectivity index (χ1v) is 5.46. The molecule has 1 N–H and O–H groups in total. The Morgan fingerprint density at radius 1 is 1.45 bits per heavy atom. The van der Waals surface area contributed by atoms with Crippen molar-refractivity contribution in [1.29, 1.82) is 0 Å². The number of nitro benzene ring substituents is 1. The third-order valence-corrected chi connectivity index (χ3v) is 2.41. The number of aromatic nitrogens is 2. The molecular formula is C11H8FN3O5. The van der Waals surface area contributed by atoms with Gasteiger partial charge in [-0.05, 0) is 12.1 Å². The van der Waals surface area contributed by atoms with Gasteiger partial charge in [0.15, 0.2) is 0 Å². The minimum atomic E-state index is -1.03. The summed E-state index contributed by atoms with van der Waals surface area (Å²) in [5.74, 6) is -1.90. The summed E-state index contributed by atoms with van der Waals surface area (Å²) in [4.78, 5) is 20.5. The maximum absolute atomic E-state index is 13.0. The molecule has 0 aliphatic rings. The van der Waals surface area contributed by atoms with E-state index in [0.717, 1.165) is 18.2 Å². The molecule has 2 aromatic rings. The van der Waals surface area contributed by atoms with Gasteiger partial charge in [0, 0.05) is 6.42 Å². The molecule has 104 valence electrons. The summed E-state index contributed by atoms with van der Waals surface area (Å²) < 4.78 is 18.1. The second-order valence-electron chi connectivity index (χ2n) is 3.81. The lowest BCUT2D eigenvalue weighted by Crippen LogP contribution is -1.97. The Hall–Kier alpha value is -2.84. The number of carbonyl (C=O) groups is 1. The van der Waals surface area contributed by atoms with Gasteiger partial charge in [0.2, 0.25) is 5.89 Å². The van der Waals surface area contributed by atoms with E-state index in [1.54, 1.807) is 0 Å². The molecule has 0 saturated carbocycles. The first-order valence-electron chi connectivity index (χ1n) is 5.46. The number of aryl methyl sites for hydroxylation is 1. The second-order valence-corrected chi connectivity index (χ2v) is 3.81. The van der Waals surface area contributed by atoms with Crippen LogP contribution in [0.1, 0.15) is 12.3 Å². The summed E-state index contributed by atoms with van der Waals surface area (Å²) in [5.41, 5.74) is -0.524. The van der Waals surface area contributed by atoms with Gasteiger partial charge < -0.3 is 9.52 Å². The summed E-state index contributed by atoms with van der Waals surface area (Å²) in [6.07, 6.45) is -0.190. The SMILES string of the molecule is O=C(O)CCc1nnc(-c2ccc(F)cc2[N+](=O)[O-])o1. The molecule has 0 aliphatic carbocycles. The van der Waals surface area contributed by atoms with Gasteiger partial charge in [0.1, 0.15) is 11.4 Å². The van der Waals surface area contributed by atoms with E-state index in [1.807, 2.05) is 0 Å². The number of halogens is 1. The van der Waals surface area contributed by atoms with E-state index >= 15 is 0 Å². The average molecular weight is 281 g/mol. The highest BCUT2D eigenvalue weighted by molar-refractivity contribution is 5.67. The number of nitrogens with zero attached hydrogens (tertiary/aromatic N) is 3. The van der Waals surface area contributed by atoms with Gasteiger partial charge in [-0.15, -0.1) is 10.2 Å². The van der Waals surface area contributed by atoms with Crippen molar-refractivity contribution in [3.05, 3.63) is 40.0 Å². The zero-order valence-corrected chi connectivity index (χ0v) is 9.95. The van der Waals surface area contributed by atoms with Crippen LogP contribution in [0.15, 0.2) is 22.6 Å². The molecule has 0 atom stereocenters. The molecule has 0 fully saturated rings. The lowest BCUT2D eigenvalue weighted by molar-refractivity contribution is -0.384. The molecule has 0 unspecified atom stereocenters. The molecule has 0 saturated heterocycles. The standard InChI is InChI=1S/C11H8FN3O5/c12-6-1-2-7(8(5-6)15(18)19)11-14-13-9(20-11)3-4-10(16)17/h1-2,5H,3-4H2,(H,16,17). The molecular weight excluding hydrogens is 273 g/mol. The lowest BCUT2D eigenvalue weighted by Gasteiger charge is -1.98. The number of nitro groups is 1. The van der Waals surface area contributed by atoms with Crippen molar-refractivity contribution in [3.8, 4) is 11.5 Å². The third kappa shape index (κ3) is 2.94. The molecule has 0 aliphatic heterocycles. The normalized spacial score (nSPS) is 10.4. The zero-order chi connectivity index (χ0) is 14.7. The van der Waals surface area contributed by atoms with Crippen molar-refractivity contribution in [2.24, 2.45) is 0 Å². The van der Waals surface area contributed by atoms with E-state index in [0.29, 0.717) is 0 Å². The van der Waals surface area contributed by atoms with Crippen molar-refractivity contribution in [2.75, 3.05) is 0 Å². The van der Waals surface area contributed by atoms with Crippen LogP contribution in [0.5, 0.6) is 0 Å². The zero-order valence-electron chi connectivity index (χ0n) is 9.95. The van der Waals surface area contributed by atoms with Crippen molar-refractivity contribution < 1.29 is 23.6 Å². The summed E-state index contributed by atoms with van der Waals surface area (Å²) in [6.45, 7) is 0. The van der Waals surface area contributed by atoms with Gasteiger partial charge in [-0.1, -0.05) is 0 Å². The van der Waals surface area contributed by atoms with Crippen LogP contribution in [-0.2, 0) is 11.2 Å². The van der Waals surface area contributed by atoms with E-state index in [1.165, 1.54) is 0 Å². The predicted molar refractivity (Wildman–Crippen MR) is 62.3 cm³/mol. The lowest BCUT2D eigenvalue weighted by atomic mass is 10.2. The third-order valence-electron chi connectivity index (χ3n) is 2.41. The summed E-state index contributed by atoms with van der Waals surface area (Å²) in [7, 11) is 0. The molecule has 1 aromatic carbocycles. The Morgan fingerprint density at radius 2 is 2.20 bits per heavy atom. The van der Waals surface area contributed by atoms with Crippen molar-refractivity contribution in [2.45, 2.75) is 12.8 Å². The van der Waals surface area contributed by atoms with E-state index in [9.17, 15) is 19.3 Å². The fourth-order valence-electron chi connectivity index (χ4n) is 1.51. The van der Waals surface area contributed by atoms with Crippen molar-refractivity contribution in [3.63, 3.8) is 0 Å². The molecule has 0 spiro atoms. The van der Waals surface area contributed by atoms with Crippen LogP contribution in [0.2, 0.25) is 0 Å². The fraction of sp³-hybridized carbons (Fsp3) is 0.182. The summed E-state index contributed by atoms with van der Waals surface area (Å²) in [5, 5.41) is 26.6. The number of benzene rings is 1. The molecule has 1 aromatic heterocycles. The molecule has 9 heteroatoms. The van der Waals surface area contributed by atoms with Crippen LogP contribution < -0.4 is 0 Å². The Bertz CT molecular complexity index is 670. The number of hydrogen-bond acceptors (Lipinski definition) is 6. The molecule has 0 radical (unpaired) electrons. The molecule has 0 bridgehead atoms. The van der Waals surface area contributed by atoms with E-state index < -0.39 is 22.4 Å². The van der Waals surface area contributed by atoms with Crippen LogP contribution in [0.4, 0.5) is 10.1 Å². The molecule has 8 nitrogen and oxygen atoms in total. The van der Waals surface area contributed by atoms with Gasteiger partial charge in [-0.3, -0.25) is 14.9 Å². The number of hydrogen-bond donors (Lipinski definition) is 1. The summed E-state index contributed by atoms with van der Waals surface area (Å²) >= 11 is 0. The fourth-order valence-corrected chi connectivity index (χ4v) is 1.51. The van der Waals surface area contributed by atoms with Crippen LogP contribution >= 0.6 is 0 Å². The largest absolute Gasteiger partial charge is 0.481 e. The minimum absolute atomic E-state index is 0.0112. The maximum Gasteiger partial charge on any atom is 0.303 e. The number of rotatable bonds is 5. The second kappa shape index (κ2) is 5.43. The first-order chi connectivity index (χ1) is 9.47. The topological polar surface area (TPSA) is 119 Å². The van der Waals surface area contributed by atoms with Crippen LogP contribution in [0.25, 0.3) is 11.5 Å². The molecule has 20 heavy (non-hydrogen) atoms. The van der Waals surface area contributed by atoms with Crippen molar-refractivity contribution in [1.82, 2.24) is 10.2 Å². The quantitative estimate of drug-likeness (QED) is 0.655. The molecule has 2 rings (SSSR count). The molecule has 0 amide bonds. The van der Waals surface area contributed by atoms with Crippen molar-refractivity contribution >= 4 is 11.7 Å². The smallest absolute Gasteiger partial charge is 0.303 e. The first kappa shape index (κ1) is 13.6. The Balaban J connectivity index is 2.32. The number of carboxylic acids is 1. The van der Waals surface area contributed by atoms with Crippen LogP contribution in [0, 0.1) is 15.9 Å². The Labute approximate surface area is 111 Å². The van der Waals surface area contributed by atoms with E-state index in [2.05, 4.69) is 10.2 Å². The Morgan fingerprint density at radius 3 is 2.85 bits per heavy atom. The van der Waals surface area contributed by atoms with E-state index in [4.69, 9.17) is 9.52 Å². The number of aliphatic carboxylic acids is 1. The minimum Gasteiger partial charge on any atom is -0.481 e. The molecule has 1 heterocycles. The summed E-state index contributed by atoms with van der Waals surface area (Å²) in [6, 6.07) is 2.93. The maximum atomic E-state index is 13.0.